The van der Waals surface area contributed by atoms with E-state index < -0.39 is 5.85 Å². The molecule has 1 unspecified atom stereocenters. The van der Waals surface area contributed by atoms with Gasteiger partial charge in [0.25, 0.3) is 0 Å². The Kier molecular flexibility index (Phi) is 4.11. The molecule has 0 aliphatic carbocycles. The molecule has 0 heterocycles. The van der Waals surface area contributed by atoms with Crippen molar-refractivity contribution in [3.8, 4) is 0 Å². The Balaban J connectivity index is 4.27. The minimum absolute atomic E-state index is 0.0739. The molecule has 0 rings (SSSR count). The zero-order valence-electron chi connectivity index (χ0n) is 10.3. The van der Waals surface area contributed by atoms with Crippen LogP contribution in [0.2, 0.25) is 0 Å². The zero-order valence-corrected chi connectivity index (χ0v) is 10.3. The summed E-state index contributed by atoms with van der Waals surface area (Å²) in [5.41, 5.74) is 5.25. The van der Waals surface area contributed by atoms with Gasteiger partial charge in [-0.3, -0.25) is 0 Å². The van der Waals surface area contributed by atoms with Gasteiger partial charge in [0.15, 0.2) is 0 Å². The molecule has 0 aliphatic rings. The standard InChI is InChI=1S/C11H24FNO/c1-9(2,3)10(4,5)8-14-11(6,12)7-13/h7-8,13H2,1-6H3. The first-order chi connectivity index (χ1) is 6.02. The summed E-state index contributed by atoms with van der Waals surface area (Å²) in [6.07, 6.45) is 0. The van der Waals surface area contributed by atoms with Gasteiger partial charge in [0.2, 0.25) is 5.85 Å². The van der Waals surface area contributed by atoms with E-state index in [0.717, 1.165) is 0 Å². The van der Waals surface area contributed by atoms with Gasteiger partial charge in [0, 0.05) is 0 Å². The van der Waals surface area contributed by atoms with Crippen LogP contribution in [0.1, 0.15) is 41.5 Å². The van der Waals surface area contributed by atoms with Gasteiger partial charge in [-0.15, -0.1) is 0 Å². The molecule has 0 aromatic heterocycles. The number of halogens is 1. The number of nitrogens with two attached hydrogens (primary N) is 1. The minimum Gasteiger partial charge on any atom is -0.344 e. The molecule has 2 nitrogen and oxygen atoms in total. The van der Waals surface area contributed by atoms with Gasteiger partial charge < -0.3 is 10.5 Å². The quantitative estimate of drug-likeness (QED) is 0.766. The van der Waals surface area contributed by atoms with Crippen LogP contribution in [-0.2, 0) is 4.74 Å². The summed E-state index contributed by atoms with van der Waals surface area (Å²) < 4.78 is 18.6. The van der Waals surface area contributed by atoms with Crippen molar-refractivity contribution < 1.29 is 9.13 Å². The van der Waals surface area contributed by atoms with Crippen molar-refractivity contribution in [2.75, 3.05) is 13.2 Å². The van der Waals surface area contributed by atoms with Crippen molar-refractivity contribution in [2.45, 2.75) is 47.4 Å². The third-order valence-corrected chi connectivity index (χ3v) is 3.13. The summed E-state index contributed by atoms with van der Waals surface area (Å²) in [5, 5.41) is 0. The Morgan fingerprint density at radius 2 is 1.50 bits per heavy atom. The summed E-state index contributed by atoms with van der Waals surface area (Å²) in [6, 6.07) is 0. The first-order valence-corrected chi connectivity index (χ1v) is 5.05. The highest BCUT2D eigenvalue weighted by Gasteiger charge is 2.35. The third kappa shape index (κ3) is 3.93. The van der Waals surface area contributed by atoms with Crippen molar-refractivity contribution in [2.24, 2.45) is 16.6 Å². The average Bonchev–Trinajstić information content (AvgIpc) is 1.99. The molecule has 0 saturated heterocycles. The van der Waals surface area contributed by atoms with Crippen LogP contribution in [0.4, 0.5) is 4.39 Å². The van der Waals surface area contributed by atoms with Crippen molar-refractivity contribution >= 4 is 0 Å². The third-order valence-electron chi connectivity index (χ3n) is 3.13. The monoisotopic (exact) mass is 205 g/mol. The van der Waals surface area contributed by atoms with Crippen molar-refractivity contribution in [1.82, 2.24) is 0 Å². The van der Waals surface area contributed by atoms with Crippen molar-refractivity contribution in [3.63, 3.8) is 0 Å². The number of alkyl halides is 1. The van der Waals surface area contributed by atoms with Crippen LogP contribution in [0.5, 0.6) is 0 Å². The van der Waals surface area contributed by atoms with Crippen LogP contribution in [0.25, 0.3) is 0 Å². The molecule has 14 heavy (non-hydrogen) atoms. The molecule has 0 spiro atoms. The average molecular weight is 205 g/mol. The van der Waals surface area contributed by atoms with Gasteiger partial charge in [-0.2, -0.15) is 0 Å². The maximum Gasteiger partial charge on any atom is 0.218 e. The normalized spacial score (nSPS) is 18.0. The SMILES string of the molecule is CC(F)(CN)OCC(C)(C)C(C)(C)C. The number of hydrogen-bond acceptors (Lipinski definition) is 2. The molecule has 0 aliphatic heterocycles. The maximum atomic E-state index is 13.4. The molecular weight excluding hydrogens is 181 g/mol. The van der Waals surface area contributed by atoms with E-state index in [0.29, 0.717) is 6.61 Å². The minimum atomic E-state index is -1.71. The van der Waals surface area contributed by atoms with E-state index >= 15 is 0 Å². The van der Waals surface area contributed by atoms with E-state index in [2.05, 4.69) is 34.6 Å². The lowest BCUT2D eigenvalue weighted by molar-refractivity contribution is -0.157. The van der Waals surface area contributed by atoms with Crippen LogP contribution in [0.3, 0.4) is 0 Å². The van der Waals surface area contributed by atoms with Crippen molar-refractivity contribution in [1.29, 1.82) is 0 Å². The molecule has 0 radical (unpaired) electrons. The fraction of sp³-hybridized carbons (Fsp3) is 1.00. The molecule has 2 N–H and O–H groups in total. The molecule has 1 atom stereocenters. The van der Waals surface area contributed by atoms with E-state index in [4.69, 9.17) is 10.5 Å². The van der Waals surface area contributed by atoms with Crippen LogP contribution in [0, 0.1) is 10.8 Å². The lowest BCUT2D eigenvalue weighted by Gasteiger charge is -2.39. The first kappa shape index (κ1) is 13.8. The predicted octanol–water partition coefficient (Wildman–Crippen LogP) is 2.72. The lowest BCUT2D eigenvalue weighted by Crippen LogP contribution is -2.40. The summed E-state index contributed by atoms with van der Waals surface area (Å²) in [5.74, 6) is -1.71. The van der Waals surface area contributed by atoms with E-state index in [1.165, 1.54) is 6.92 Å². The highest BCUT2D eigenvalue weighted by atomic mass is 19.2. The van der Waals surface area contributed by atoms with Gasteiger partial charge in [0.1, 0.15) is 0 Å². The predicted molar refractivity (Wildman–Crippen MR) is 57.8 cm³/mol. The Morgan fingerprint density at radius 3 is 1.79 bits per heavy atom. The van der Waals surface area contributed by atoms with Gasteiger partial charge >= 0.3 is 0 Å². The first-order valence-electron chi connectivity index (χ1n) is 5.05. The molecule has 0 aromatic carbocycles. The molecule has 0 aromatic rings. The van der Waals surface area contributed by atoms with E-state index in [-0.39, 0.29) is 17.4 Å². The van der Waals surface area contributed by atoms with E-state index in [1.54, 1.807) is 0 Å². The summed E-state index contributed by atoms with van der Waals surface area (Å²) in [7, 11) is 0. The van der Waals surface area contributed by atoms with Crippen molar-refractivity contribution in [3.05, 3.63) is 0 Å². The fourth-order valence-electron chi connectivity index (χ4n) is 0.606. The van der Waals surface area contributed by atoms with Crippen LogP contribution in [-0.4, -0.2) is 19.0 Å². The molecule has 0 saturated carbocycles. The Hall–Kier alpha value is -0.150. The smallest absolute Gasteiger partial charge is 0.218 e. The second-order valence-corrected chi connectivity index (χ2v) is 5.73. The molecular formula is C11H24FNO. The van der Waals surface area contributed by atoms with Gasteiger partial charge in [0.05, 0.1) is 13.2 Å². The summed E-state index contributed by atoms with van der Waals surface area (Å²) in [4.78, 5) is 0. The van der Waals surface area contributed by atoms with Gasteiger partial charge in [-0.05, 0) is 17.8 Å². The molecule has 0 amide bonds. The largest absolute Gasteiger partial charge is 0.344 e. The Labute approximate surface area is 87.0 Å². The molecule has 0 fully saturated rings. The molecule has 86 valence electrons. The second kappa shape index (κ2) is 4.15. The number of ether oxygens (including phenoxy) is 1. The van der Waals surface area contributed by atoms with E-state index in [9.17, 15) is 4.39 Å². The van der Waals surface area contributed by atoms with Gasteiger partial charge in [-0.1, -0.05) is 34.6 Å². The highest BCUT2D eigenvalue weighted by Crippen LogP contribution is 2.38. The number of hydrogen-bond donors (Lipinski definition) is 1. The zero-order chi connectivity index (χ0) is 11.6. The molecule has 3 heteroatoms. The Bertz CT molecular complexity index is 182. The van der Waals surface area contributed by atoms with Crippen LogP contribution in [0.15, 0.2) is 0 Å². The number of rotatable bonds is 4. The highest BCUT2D eigenvalue weighted by molar-refractivity contribution is 4.82. The van der Waals surface area contributed by atoms with Crippen LogP contribution >= 0.6 is 0 Å². The summed E-state index contributed by atoms with van der Waals surface area (Å²) in [6.45, 7) is 12.1. The second-order valence-electron chi connectivity index (χ2n) is 5.73. The topological polar surface area (TPSA) is 35.2 Å². The summed E-state index contributed by atoms with van der Waals surface area (Å²) >= 11 is 0. The van der Waals surface area contributed by atoms with E-state index in [1.807, 2.05) is 0 Å². The Morgan fingerprint density at radius 1 is 1.07 bits per heavy atom. The maximum absolute atomic E-state index is 13.4. The fourth-order valence-corrected chi connectivity index (χ4v) is 0.606. The molecule has 0 bridgehead atoms. The van der Waals surface area contributed by atoms with Crippen LogP contribution < -0.4 is 5.73 Å². The van der Waals surface area contributed by atoms with Gasteiger partial charge in [-0.25, -0.2) is 4.39 Å². The lowest BCUT2D eigenvalue weighted by atomic mass is 9.70.